The Labute approximate surface area is 478 Å². The first-order valence-corrected chi connectivity index (χ1v) is 30.3. The molecule has 3 aliphatic heterocycles. The predicted molar refractivity (Wildman–Crippen MR) is 341 cm³/mol. The molecule has 0 amide bonds. The van der Waals surface area contributed by atoms with Crippen LogP contribution in [-0.2, 0) is 38.9 Å². The van der Waals surface area contributed by atoms with Gasteiger partial charge in [-0.2, -0.15) is 0 Å². The van der Waals surface area contributed by atoms with Crippen molar-refractivity contribution in [3.8, 4) is 11.1 Å². The van der Waals surface area contributed by atoms with E-state index in [0.29, 0.717) is 0 Å². The second kappa shape index (κ2) is 16.0. The Balaban J connectivity index is 1.04. The van der Waals surface area contributed by atoms with E-state index in [9.17, 15) is 0 Å². The van der Waals surface area contributed by atoms with E-state index in [0.717, 1.165) is 19.3 Å². The molecule has 0 N–H and O–H groups in total. The van der Waals surface area contributed by atoms with Gasteiger partial charge in [0, 0.05) is 62.5 Å². The van der Waals surface area contributed by atoms with Gasteiger partial charge >= 0.3 is 0 Å². The number of fused-ring (bicyclic) bond motifs is 13. The molecule has 0 bridgehead atoms. The lowest BCUT2D eigenvalue weighted by Crippen LogP contribution is -2.62. The van der Waals surface area contributed by atoms with Crippen LogP contribution in [0.25, 0.3) is 11.1 Å². The molecule has 0 saturated heterocycles. The summed E-state index contributed by atoms with van der Waals surface area (Å²) < 4.78 is 0. The Hall–Kier alpha value is -6.78. The number of hydrogen-bond donors (Lipinski definition) is 0. The van der Waals surface area contributed by atoms with Crippen LogP contribution in [0, 0.1) is 13.8 Å². The van der Waals surface area contributed by atoms with Crippen molar-refractivity contribution in [2.24, 2.45) is 0 Å². The van der Waals surface area contributed by atoms with Gasteiger partial charge in [0.05, 0.1) is 11.2 Å². The summed E-state index contributed by atoms with van der Waals surface area (Å²) in [4.78, 5) is 8.32. The second-order valence-corrected chi connectivity index (χ2v) is 29.7. The monoisotopic (exact) mass is 1050 g/mol. The Morgan fingerprint density at radius 3 is 1.79 bits per heavy atom. The molecule has 0 aromatic heterocycles. The molecule has 2 unspecified atom stereocenters. The minimum absolute atomic E-state index is 0.00674. The van der Waals surface area contributed by atoms with Crippen LogP contribution < -0.4 is 31.1 Å². The summed E-state index contributed by atoms with van der Waals surface area (Å²) in [7, 11) is 0. The third kappa shape index (κ3) is 6.46. The number of nitrogens with zero attached hydrogens (tertiary/aromatic N) is 3. The number of anilines is 8. The minimum atomic E-state index is -0.220. The molecule has 1 saturated carbocycles. The number of rotatable bonds is 3. The maximum Gasteiger partial charge on any atom is 0.252 e. The zero-order chi connectivity index (χ0) is 55.7. The quantitative estimate of drug-likeness (QED) is 0.163. The van der Waals surface area contributed by atoms with Gasteiger partial charge in [-0.25, -0.2) is 0 Å². The van der Waals surface area contributed by atoms with Gasteiger partial charge in [0.1, 0.15) is 0 Å². The molecule has 4 heteroatoms. The molecule has 7 aliphatic rings. The predicted octanol–water partition coefficient (Wildman–Crippen LogP) is 17.9. The lowest BCUT2D eigenvalue weighted by molar-refractivity contribution is 0.195. The topological polar surface area (TPSA) is 9.72 Å². The van der Waals surface area contributed by atoms with E-state index in [1.54, 1.807) is 0 Å². The van der Waals surface area contributed by atoms with Crippen LogP contribution in [0.4, 0.5) is 45.5 Å². The molecular formula is C76H80BN3. The number of aryl methyl sites for hydroxylation is 2. The largest absolute Gasteiger partial charge is 0.334 e. The van der Waals surface area contributed by atoms with Crippen molar-refractivity contribution >= 4 is 68.6 Å². The van der Waals surface area contributed by atoms with Gasteiger partial charge in [0.25, 0.3) is 6.71 Å². The average molecular weight is 1050 g/mol. The standard InChI is InChI=1S/C76H80BN3/c1-45-35-67-69-68(36-45)79(64-42-56-55(37-46(64)2)71(6,7)44-72(56,8)9)66-43-58-57(73(10,11)53-26-18-19-27-54(53)74(58,12)13)41-61(66)77(69)60-31-30-49(40-65(60)78(67)62-28-22-25-51-50-24-17-16-23-47(50)38-52(51)62)80-63-32-29-48(70(3,4)5)39-59(63)75(14)33-20-21-34-76(75,80)15/h16-19,22-32,35-37,39-43H,20-21,33-34,38,44H2,1-15H3. The van der Waals surface area contributed by atoms with Crippen LogP contribution in [0.15, 0.2) is 140 Å². The molecule has 0 spiro atoms. The molecule has 402 valence electrons. The number of benzene rings is 8. The SMILES string of the molecule is Cc1cc2c3c(c1)N(c1cccc4c1Cc1ccccc1-4)c1cc(N4c5ccc(C(C)(C)C)cc5C5(C)CCCCC45C)ccc1B3c1cc3c(cc1N2c1cc2c(cc1C)C(C)(C)CC2(C)C)C(C)(C)c1ccccc1C3(C)C. The molecule has 0 radical (unpaired) electrons. The molecule has 1 fully saturated rings. The molecule has 8 aromatic rings. The molecule has 8 aromatic carbocycles. The molecule has 3 nitrogen and oxygen atoms in total. The molecule has 15 rings (SSSR count). The zero-order valence-corrected chi connectivity index (χ0v) is 50.4. The normalized spacial score (nSPS) is 22.3. The van der Waals surface area contributed by atoms with E-state index < -0.39 is 0 Å². The second-order valence-electron chi connectivity index (χ2n) is 29.7. The van der Waals surface area contributed by atoms with Gasteiger partial charge in [0.15, 0.2) is 0 Å². The lowest BCUT2D eigenvalue weighted by Gasteiger charge is -2.51. The fourth-order valence-corrected chi connectivity index (χ4v) is 18.0. The molecular weight excluding hydrogens is 966 g/mol. The van der Waals surface area contributed by atoms with Gasteiger partial charge in [-0.05, 0) is 199 Å². The van der Waals surface area contributed by atoms with Crippen LogP contribution in [0.5, 0.6) is 0 Å². The molecule has 3 heterocycles. The summed E-state index contributed by atoms with van der Waals surface area (Å²) in [5.41, 5.74) is 34.1. The lowest BCUT2D eigenvalue weighted by atomic mass is 9.33. The van der Waals surface area contributed by atoms with Gasteiger partial charge in [0.2, 0.25) is 0 Å². The smallest absolute Gasteiger partial charge is 0.252 e. The van der Waals surface area contributed by atoms with Crippen LogP contribution in [0.1, 0.15) is 189 Å². The Morgan fingerprint density at radius 1 is 0.463 bits per heavy atom. The maximum absolute atomic E-state index is 2.82. The van der Waals surface area contributed by atoms with Crippen LogP contribution in [0.2, 0.25) is 0 Å². The van der Waals surface area contributed by atoms with E-state index in [2.05, 4.69) is 258 Å². The summed E-state index contributed by atoms with van der Waals surface area (Å²) in [5.74, 6) is 0. The van der Waals surface area contributed by atoms with E-state index in [4.69, 9.17) is 0 Å². The van der Waals surface area contributed by atoms with Crippen molar-refractivity contribution in [1.29, 1.82) is 0 Å². The molecule has 4 aliphatic carbocycles. The fourth-order valence-electron chi connectivity index (χ4n) is 18.0. The first-order chi connectivity index (χ1) is 37.8. The van der Waals surface area contributed by atoms with Gasteiger partial charge in [-0.1, -0.05) is 187 Å². The average Bonchev–Trinajstić information content (AvgIpc) is 4.17. The summed E-state index contributed by atoms with van der Waals surface area (Å²) in [6.07, 6.45) is 6.89. The summed E-state index contributed by atoms with van der Waals surface area (Å²) in [6, 6.07) is 56.6. The van der Waals surface area contributed by atoms with Crippen LogP contribution >= 0.6 is 0 Å². The van der Waals surface area contributed by atoms with E-state index in [-0.39, 0.29) is 44.7 Å². The minimum Gasteiger partial charge on any atom is -0.334 e. The third-order valence-electron chi connectivity index (χ3n) is 22.2. The molecule has 80 heavy (non-hydrogen) atoms. The highest BCUT2D eigenvalue weighted by molar-refractivity contribution is 7.00. The summed E-state index contributed by atoms with van der Waals surface area (Å²) >= 11 is 0. The van der Waals surface area contributed by atoms with E-state index in [1.165, 1.54) is 159 Å². The van der Waals surface area contributed by atoms with Crippen molar-refractivity contribution < 1.29 is 0 Å². The van der Waals surface area contributed by atoms with Crippen molar-refractivity contribution in [2.45, 2.75) is 180 Å². The van der Waals surface area contributed by atoms with Gasteiger partial charge in [-0.15, -0.1) is 0 Å². The van der Waals surface area contributed by atoms with Crippen molar-refractivity contribution in [1.82, 2.24) is 0 Å². The zero-order valence-electron chi connectivity index (χ0n) is 50.4. The highest BCUT2D eigenvalue weighted by Gasteiger charge is 2.58. The Kier molecular flexibility index (Phi) is 10.1. The third-order valence-corrected chi connectivity index (χ3v) is 22.2. The van der Waals surface area contributed by atoms with Gasteiger partial charge in [-0.3, -0.25) is 0 Å². The van der Waals surface area contributed by atoms with Gasteiger partial charge < -0.3 is 14.7 Å². The van der Waals surface area contributed by atoms with Crippen LogP contribution in [-0.4, -0.2) is 12.3 Å². The Morgan fingerprint density at radius 2 is 1.07 bits per heavy atom. The highest BCUT2D eigenvalue weighted by Crippen LogP contribution is 2.63. The van der Waals surface area contributed by atoms with Crippen LogP contribution in [0.3, 0.4) is 0 Å². The van der Waals surface area contributed by atoms with E-state index >= 15 is 0 Å². The number of hydrogen-bond acceptors (Lipinski definition) is 3. The Bertz CT molecular complexity index is 4050. The summed E-state index contributed by atoms with van der Waals surface area (Å²) in [6.45, 7) is 36.8. The van der Waals surface area contributed by atoms with E-state index in [1.807, 2.05) is 0 Å². The van der Waals surface area contributed by atoms with Crippen molar-refractivity contribution in [3.63, 3.8) is 0 Å². The molecule has 2 atom stereocenters. The first kappa shape index (κ1) is 50.2. The fraction of sp³-hybridized carbons (Fsp3) is 0.368. The maximum atomic E-state index is 2.82. The highest BCUT2D eigenvalue weighted by atomic mass is 15.3. The summed E-state index contributed by atoms with van der Waals surface area (Å²) in [5, 5.41) is 0. The van der Waals surface area contributed by atoms with Crippen molar-refractivity contribution in [3.05, 3.63) is 206 Å². The van der Waals surface area contributed by atoms with Crippen molar-refractivity contribution in [2.75, 3.05) is 14.7 Å². The first-order valence-electron chi connectivity index (χ1n) is 30.3.